The van der Waals surface area contributed by atoms with Crippen LogP contribution in [0.15, 0.2) is 134 Å². The topological polar surface area (TPSA) is 307 Å². The van der Waals surface area contributed by atoms with E-state index in [-0.39, 0.29) is 18.9 Å². The smallest absolute Gasteiger partial charge is 0.220 e. The van der Waals surface area contributed by atoms with Crippen LogP contribution in [0, 0.1) is 0 Å². The van der Waals surface area contributed by atoms with Gasteiger partial charge in [0.15, 0.2) is 18.9 Å². The van der Waals surface area contributed by atoms with E-state index in [0.717, 1.165) is 109 Å². The molecule has 0 aromatic heterocycles. The maximum Gasteiger partial charge on any atom is 0.220 e. The highest BCUT2D eigenvalue weighted by Gasteiger charge is 2.53. The van der Waals surface area contributed by atoms with Crippen molar-refractivity contribution in [2.45, 2.75) is 330 Å². The first-order valence-corrected chi connectivity index (χ1v) is 37.4. The van der Waals surface area contributed by atoms with Crippen LogP contribution >= 0.6 is 0 Å². The lowest BCUT2D eigenvalue weighted by Gasteiger charge is -2.48. The van der Waals surface area contributed by atoms with Crippen LogP contribution in [0.1, 0.15) is 226 Å². The van der Waals surface area contributed by atoms with Crippen molar-refractivity contribution in [2.24, 2.45) is 0 Å². The molecule has 3 aliphatic rings. The number of amides is 1. The number of unbranched alkanes of at least 4 members (excludes halogenated alkanes) is 20. The molecule has 0 radical (unpaired) electrons. The minimum atomic E-state index is -1.99. The standard InChI is InChI=1S/C79H131NO18/c1-3-5-7-9-11-13-15-17-18-19-20-21-22-23-24-25-26-27-28-29-30-31-32-33-34-35-36-37-38-39-40-41-42-43-44-45-47-49-51-53-55-57-67(85)80-62(63(84)56-54-52-50-48-46-16-14-12-10-8-6-4-2)61-93-77-73(91)70(88)75(65(59-82)95-77)98-79-74(92)71(89)76(66(60-83)96-79)97-78-72(90)69(87)68(86)64(58-81)94-78/h5,7,11,13,17-18,20-21,23-24,26-27,29-30,32-33,35-36,46,48,54,56,62-66,68-79,81-84,86-92H,3-4,6,8-10,12,14-16,19,22,25,28,31,34,37-45,47,49-53,55,57-61H2,1-2H3,(H,80,85)/b7-5-,13-11-,18-17-,21-20-,24-23-,27-26-,30-29-,33-32-,36-35-,48-46+,56-54+. The summed E-state index contributed by atoms with van der Waals surface area (Å²) >= 11 is 0. The zero-order valence-corrected chi connectivity index (χ0v) is 59.5. The van der Waals surface area contributed by atoms with Crippen LogP contribution in [-0.2, 0) is 33.2 Å². The third-order valence-corrected chi connectivity index (χ3v) is 17.7. The zero-order valence-electron chi connectivity index (χ0n) is 59.5. The lowest BCUT2D eigenvalue weighted by Crippen LogP contribution is -2.66. The Labute approximate surface area is 588 Å². The van der Waals surface area contributed by atoms with Gasteiger partial charge in [0.25, 0.3) is 0 Å². The Morgan fingerprint density at radius 1 is 0.378 bits per heavy atom. The number of aliphatic hydroxyl groups is 11. The van der Waals surface area contributed by atoms with E-state index in [0.29, 0.717) is 12.8 Å². The lowest BCUT2D eigenvalue weighted by atomic mass is 9.96. The predicted molar refractivity (Wildman–Crippen MR) is 387 cm³/mol. The van der Waals surface area contributed by atoms with E-state index in [1.807, 2.05) is 6.08 Å². The summed E-state index contributed by atoms with van der Waals surface area (Å²) < 4.78 is 34.3. The Bertz CT molecular complexity index is 2290. The van der Waals surface area contributed by atoms with Gasteiger partial charge in [-0.05, 0) is 103 Å². The third kappa shape index (κ3) is 38.8. The van der Waals surface area contributed by atoms with Crippen molar-refractivity contribution >= 4 is 5.91 Å². The number of ether oxygens (including phenoxy) is 6. The molecule has 3 aliphatic heterocycles. The summed E-state index contributed by atoms with van der Waals surface area (Å²) in [5.41, 5.74) is 0. The maximum atomic E-state index is 13.4. The fourth-order valence-electron chi connectivity index (χ4n) is 11.7. The molecule has 19 nitrogen and oxygen atoms in total. The van der Waals surface area contributed by atoms with Crippen LogP contribution in [0.25, 0.3) is 0 Å². The molecule has 98 heavy (non-hydrogen) atoms. The fourth-order valence-corrected chi connectivity index (χ4v) is 11.7. The average Bonchev–Trinajstić information content (AvgIpc) is 0.785. The van der Waals surface area contributed by atoms with E-state index >= 15 is 0 Å². The maximum absolute atomic E-state index is 13.4. The van der Waals surface area contributed by atoms with Crippen LogP contribution in [0.4, 0.5) is 0 Å². The van der Waals surface area contributed by atoms with E-state index in [4.69, 9.17) is 28.4 Å². The minimum Gasteiger partial charge on any atom is -0.394 e. The van der Waals surface area contributed by atoms with Gasteiger partial charge in [-0.25, -0.2) is 0 Å². The van der Waals surface area contributed by atoms with Crippen LogP contribution in [0.3, 0.4) is 0 Å². The van der Waals surface area contributed by atoms with Gasteiger partial charge in [-0.2, -0.15) is 0 Å². The zero-order chi connectivity index (χ0) is 71.1. The number of hydrogen-bond donors (Lipinski definition) is 12. The lowest BCUT2D eigenvalue weighted by molar-refractivity contribution is -0.379. The van der Waals surface area contributed by atoms with Gasteiger partial charge in [-0.3, -0.25) is 4.79 Å². The Morgan fingerprint density at radius 3 is 1.14 bits per heavy atom. The number of hydrogen-bond acceptors (Lipinski definition) is 18. The van der Waals surface area contributed by atoms with Crippen LogP contribution in [0.5, 0.6) is 0 Å². The summed E-state index contributed by atoms with van der Waals surface area (Å²) in [4.78, 5) is 13.4. The summed E-state index contributed by atoms with van der Waals surface area (Å²) in [6.07, 6.45) is 56.0. The number of nitrogens with one attached hydrogen (secondary N) is 1. The van der Waals surface area contributed by atoms with E-state index in [9.17, 15) is 61.0 Å². The molecule has 560 valence electrons. The molecular formula is C79H131NO18. The van der Waals surface area contributed by atoms with Gasteiger partial charge in [0.2, 0.25) is 5.91 Å². The molecule has 3 heterocycles. The predicted octanol–water partition coefficient (Wildman–Crippen LogP) is 11.3. The molecule has 19 heteroatoms. The SMILES string of the molecule is CC/C=C\C/C=C\C/C=C\C/C=C\C/C=C\C/C=C\C/C=C\C/C=C\C/C=C\CCCCCCCCCCCCCCCC(=O)NC(COC1OC(CO)C(OC2OC(CO)C(OC3OC(CO)C(O)C(O)C3O)C(O)C2O)C(O)C1O)C(O)/C=C/CC/C=C/CCCCCCCC. The fraction of sp³-hybridized carbons (Fsp3) is 0.709. The second-order valence-electron chi connectivity index (χ2n) is 26.0. The van der Waals surface area contributed by atoms with Crippen molar-refractivity contribution in [1.82, 2.24) is 5.32 Å². The summed E-state index contributed by atoms with van der Waals surface area (Å²) in [6, 6.07) is -0.997. The molecule has 0 saturated carbocycles. The van der Waals surface area contributed by atoms with Crippen molar-refractivity contribution in [3.63, 3.8) is 0 Å². The van der Waals surface area contributed by atoms with E-state index in [1.165, 1.54) is 83.5 Å². The summed E-state index contributed by atoms with van der Waals surface area (Å²) in [5.74, 6) is -0.293. The van der Waals surface area contributed by atoms with Crippen LogP contribution < -0.4 is 5.32 Å². The molecule has 17 unspecified atom stereocenters. The van der Waals surface area contributed by atoms with Gasteiger partial charge in [0, 0.05) is 6.42 Å². The molecule has 3 saturated heterocycles. The largest absolute Gasteiger partial charge is 0.394 e. The Balaban J connectivity index is 1.31. The van der Waals surface area contributed by atoms with Gasteiger partial charge in [0.1, 0.15) is 73.2 Å². The van der Waals surface area contributed by atoms with Gasteiger partial charge in [-0.15, -0.1) is 0 Å². The van der Waals surface area contributed by atoms with Crippen molar-refractivity contribution in [3.8, 4) is 0 Å². The molecule has 0 aliphatic carbocycles. The van der Waals surface area contributed by atoms with E-state index in [1.54, 1.807) is 6.08 Å². The normalized spacial score (nSPS) is 27.5. The van der Waals surface area contributed by atoms with Crippen molar-refractivity contribution in [1.29, 1.82) is 0 Å². The number of carbonyl (C=O) groups is 1. The Hall–Kier alpha value is -4.07. The molecule has 0 aromatic rings. The Kier molecular flexibility index (Phi) is 52.6. The summed E-state index contributed by atoms with van der Waals surface area (Å²) in [7, 11) is 0. The van der Waals surface area contributed by atoms with Crippen LogP contribution in [-0.4, -0.2) is 193 Å². The third-order valence-electron chi connectivity index (χ3n) is 17.7. The molecule has 0 spiro atoms. The second-order valence-corrected chi connectivity index (χ2v) is 26.0. The average molecular weight is 1380 g/mol. The van der Waals surface area contributed by atoms with Gasteiger partial charge in [-0.1, -0.05) is 250 Å². The number of rotatable bonds is 56. The number of allylic oxidation sites excluding steroid dienone is 21. The first-order valence-electron chi connectivity index (χ1n) is 37.4. The first kappa shape index (κ1) is 88.1. The minimum absolute atomic E-state index is 0.226. The number of carbonyl (C=O) groups excluding carboxylic acids is 1. The molecule has 12 N–H and O–H groups in total. The number of aliphatic hydroxyl groups excluding tert-OH is 11. The first-order chi connectivity index (χ1) is 47.8. The summed E-state index contributed by atoms with van der Waals surface area (Å²) in [5, 5.41) is 120. The van der Waals surface area contributed by atoms with Gasteiger partial charge in [0.05, 0.1) is 38.6 Å². The van der Waals surface area contributed by atoms with E-state index < -0.39 is 124 Å². The van der Waals surface area contributed by atoms with Gasteiger partial charge >= 0.3 is 0 Å². The Morgan fingerprint density at radius 2 is 0.714 bits per heavy atom. The molecule has 3 rings (SSSR count). The second kappa shape index (κ2) is 58.4. The van der Waals surface area contributed by atoms with Crippen molar-refractivity contribution in [2.75, 3.05) is 26.4 Å². The molecule has 0 bridgehead atoms. The highest BCUT2D eigenvalue weighted by molar-refractivity contribution is 5.76. The molecule has 1 amide bonds. The highest BCUT2D eigenvalue weighted by Crippen LogP contribution is 2.33. The summed E-state index contributed by atoms with van der Waals surface area (Å²) in [6.45, 7) is 1.55. The molecule has 0 aromatic carbocycles. The molecule has 3 fully saturated rings. The van der Waals surface area contributed by atoms with Crippen molar-refractivity contribution < 1.29 is 89.4 Å². The monoisotopic (exact) mass is 1380 g/mol. The van der Waals surface area contributed by atoms with Gasteiger partial charge < -0.3 is 89.9 Å². The van der Waals surface area contributed by atoms with Crippen molar-refractivity contribution in [3.05, 3.63) is 134 Å². The van der Waals surface area contributed by atoms with E-state index in [2.05, 4.69) is 141 Å². The molecule has 17 atom stereocenters. The molecular weight excluding hydrogens is 1250 g/mol. The van der Waals surface area contributed by atoms with Crippen LogP contribution in [0.2, 0.25) is 0 Å². The quantitative estimate of drug-likeness (QED) is 0.0199. The highest BCUT2D eigenvalue weighted by atomic mass is 16.8.